The zero-order valence-corrected chi connectivity index (χ0v) is 16.9. The number of halogens is 6. The van der Waals surface area contributed by atoms with Gasteiger partial charge in [0, 0.05) is 20.1 Å². The lowest BCUT2D eigenvalue weighted by molar-refractivity contribution is 0.508. The van der Waals surface area contributed by atoms with E-state index < -0.39 is 28.7 Å². The molecule has 0 saturated heterocycles. The Kier molecular flexibility index (Phi) is 7.80. The van der Waals surface area contributed by atoms with Gasteiger partial charge in [-0.15, -0.1) is 0 Å². The number of hydrogen-bond donors (Lipinski definition) is 0. The second kappa shape index (κ2) is 9.16. The van der Waals surface area contributed by atoms with Crippen molar-refractivity contribution in [1.82, 2.24) is 0 Å². The molecule has 2 aromatic carbocycles. The van der Waals surface area contributed by atoms with E-state index >= 15 is 0 Å². The van der Waals surface area contributed by atoms with Crippen LogP contribution in [0.3, 0.4) is 0 Å². The summed E-state index contributed by atoms with van der Waals surface area (Å²) < 4.78 is 53.2. The number of hydrogen-bond acceptors (Lipinski definition) is 2. The lowest BCUT2D eigenvalue weighted by Gasteiger charge is -2.17. The molecule has 0 aliphatic carbocycles. The first-order chi connectivity index (χ1) is 12.0. The minimum absolute atomic E-state index is 0.180. The molecule has 0 N–H and O–H groups in total. The topological polar surface area (TPSA) is 47.6 Å². The minimum Gasteiger partial charge on any atom is -0.207 e. The molecule has 0 amide bonds. The maximum atomic E-state index is 13.4. The van der Waals surface area contributed by atoms with Crippen molar-refractivity contribution < 1.29 is 17.6 Å². The van der Waals surface area contributed by atoms with Gasteiger partial charge in [0.25, 0.3) is 0 Å². The second-order valence-electron chi connectivity index (χ2n) is 5.66. The van der Waals surface area contributed by atoms with Crippen LogP contribution in [0.4, 0.5) is 17.6 Å². The summed E-state index contributed by atoms with van der Waals surface area (Å²) in [5.41, 5.74) is -1.53. The highest BCUT2D eigenvalue weighted by atomic mass is 79.9. The largest absolute Gasteiger partial charge is 0.207 e. The Morgan fingerprint density at radius 1 is 0.846 bits per heavy atom. The summed E-state index contributed by atoms with van der Waals surface area (Å²) in [7, 11) is 0. The van der Waals surface area contributed by atoms with Gasteiger partial charge in [-0.25, -0.2) is 17.6 Å². The molecule has 2 aromatic rings. The quantitative estimate of drug-likeness (QED) is 0.461. The van der Waals surface area contributed by atoms with Crippen molar-refractivity contribution in [3.05, 3.63) is 67.6 Å². The fourth-order valence-electron chi connectivity index (χ4n) is 2.02. The van der Waals surface area contributed by atoms with Gasteiger partial charge in [0.1, 0.15) is 23.3 Å². The molecule has 0 spiro atoms. The predicted molar refractivity (Wildman–Crippen MR) is 96.1 cm³/mol. The van der Waals surface area contributed by atoms with E-state index in [9.17, 15) is 17.6 Å². The zero-order chi connectivity index (χ0) is 20.1. The van der Waals surface area contributed by atoms with Crippen molar-refractivity contribution in [3.63, 3.8) is 0 Å². The van der Waals surface area contributed by atoms with Crippen LogP contribution in [0.1, 0.15) is 25.0 Å². The third kappa shape index (κ3) is 5.55. The Morgan fingerprint density at radius 3 is 1.58 bits per heavy atom. The molecule has 2 rings (SSSR count). The first kappa shape index (κ1) is 22.1. The van der Waals surface area contributed by atoms with E-state index in [0.29, 0.717) is 8.95 Å². The third-order valence-electron chi connectivity index (χ3n) is 3.27. The Bertz CT molecular complexity index is 853. The normalized spacial score (nSPS) is 10.4. The lowest BCUT2D eigenvalue weighted by Crippen LogP contribution is -2.18. The second-order valence-corrected chi connectivity index (χ2v) is 7.50. The van der Waals surface area contributed by atoms with Gasteiger partial charge in [-0.1, -0.05) is 31.9 Å². The van der Waals surface area contributed by atoms with Crippen molar-refractivity contribution in [3.8, 4) is 12.1 Å². The molecule has 0 unspecified atom stereocenters. The van der Waals surface area contributed by atoms with Crippen molar-refractivity contribution in [2.45, 2.75) is 25.7 Å². The molecule has 0 heterocycles. The summed E-state index contributed by atoms with van der Waals surface area (Å²) in [5, 5.41) is 17.0. The van der Waals surface area contributed by atoms with Gasteiger partial charge in [0.15, 0.2) is 0 Å². The van der Waals surface area contributed by atoms with Crippen molar-refractivity contribution >= 4 is 31.9 Å². The molecule has 0 radical (unpaired) electrons. The summed E-state index contributed by atoms with van der Waals surface area (Å²) in [5.74, 6) is -2.79. The molecule has 0 aliphatic heterocycles. The van der Waals surface area contributed by atoms with Gasteiger partial charge in [-0.05, 0) is 38.1 Å². The van der Waals surface area contributed by atoms with E-state index in [1.807, 2.05) is 6.07 Å². The summed E-state index contributed by atoms with van der Waals surface area (Å²) in [6.45, 7) is 2.95. The Labute approximate surface area is 165 Å². The summed E-state index contributed by atoms with van der Waals surface area (Å²) >= 11 is 5.91. The highest BCUT2D eigenvalue weighted by molar-refractivity contribution is 9.10. The van der Waals surface area contributed by atoms with Crippen molar-refractivity contribution in [2.24, 2.45) is 0 Å². The van der Waals surface area contributed by atoms with Crippen LogP contribution in [0.5, 0.6) is 0 Å². The Hall–Kier alpha value is -1.90. The molecule has 0 atom stereocenters. The van der Waals surface area contributed by atoms with E-state index in [0.717, 1.165) is 24.3 Å². The summed E-state index contributed by atoms with van der Waals surface area (Å²) in [6.07, 6.45) is -0.245. The Balaban J connectivity index is 0.000000263. The summed E-state index contributed by atoms with van der Waals surface area (Å²) in [4.78, 5) is 0. The number of nitrogens with zero attached hydrogens (tertiary/aromatic N) is 2. The monoisotopic (exact) mass is 490 g/mol. The maximum absolute atomic E-state index is 13.4. The highest BCUT2D eigenvalue weighted by Gasteiger charge is 2.28. The summed E-state index contributed by atoms with van der Waals surface area (Å²) in [6, 6.07) is 8.12. The van der Waals surface area contributed by atoms with E-state index in [-0.39, 0.29) is 17.5 Å². The standard InChI is InChI=1S/C10H8BrF2N.C8H4BrF2N/c1-10(2,5-14)9-7(12)3-6(11)4-8(9)13;9-5-3-7(10)6(1-2-12)8(11)4-5/h3-4H,1-2H3;3-4H,1H2. The minimum atomic E-state index is -1.16. The van der Waals surface area contributed by atoms with E-state index in [1.54, 1.807) is 6.07 Å². The molecular formula is C18H12Br2F4N2. The SMILES string of the molecule is CC(C)(C#N)c1c(F)cc(Br)cc1F.N#CCc1c(F)cc(Br)cc1F. The lowest BCUT2D eigenvalue weighted by atomic mass is 9.85. The van der Waals surface area contributed by atoms with E-state index in [1.165, 1.54) is 13.8 Å². The number of nitriles is 2. The van der Waals surface area contributed by atoms with Gasteiger partial charge >= 0.3 is 0 Å². The fraction of sp³-hybridized carbons (Fsp3) is 0.222. The van der Waals surface area contributed by atoms with Crippen LogP contribution in [-0.4, -0.2) is 0 Å². The molecule has 0 bridgehead atoms. The van der Waals surface area contributed by atoms with Crippen LogP contribution in [0, 0.1) is 45.9 Å². The maximum Gasteiger partial charge on any atom is 0.132 e. The molecule has 0 aliphatic rings. The van der Waals surface area contributed by atoms with Crippen LogP contribution < -0.4 is 0 Å². The van der Waals surface area contributed by atoms with Crippen LogP contribution in [0.15, 0.2) is 33.2 Å². The first-order valence-electron chi connectivity index (χ1n) is 7.10. The molecular weight excluding hydrogens is 480 g/mol. The van der Waals surface area contributed by atoms with Gasteiger partial charge in [0.2, 0.25) is 0 Å². The molecule has 8 heteroatoms. The van der Waals surface area contributed by atoms with Crippen molar-refractivity contribution in [2.75, 3.05) is 0 Å². The average molecular weight is 492 g/mol. The van der Waals surface area contributed by atoms with Crippen LogP contribution >= 0.6 is 31.9 Å². The van der Waals surface area contributed by atoms with E-state index in [2.05, 4.69) is 31.9 Å². The molecule has 136 valence electrons. The number of benzene rings is 2. The number of rotatable bonds is 2. The van der Waals surface area contributed by atoms with Gasteiger partial charge in [0.05, 0.1) is 24.0 Å². The molecule has 0 fully saturated rings. The molecule has 0 saturated carbocycles. The Morgan fingerprint density at radius 2 is 1.23 bits per heavy atom. The predicted octanol–water partition coefficient (Wildman–Crippen LogP) is 6.32. The van der Waals surface area contributed by atoms with Crippen LogP contribution in [0.25, 0.3) is 0 Å². The van der Waals surface area contributed by atoms with Gasteiger partial charge in [-0.3, -0.25) is 0 Å². The zero-order valence-electron chi connectivity index (χ0n) is 13.7. The molecule has 26 heavy (non-hydrogen) atoms. The third-order valence-corrected chi connectivity index (χ3v) is 4.19. The molecule has 2 nitrogen and oxygen atoms in total. The van der Waals surface area contributed by atoms with Crippen molar-refractivity contribution in [1.29, 1.82) is 10.5 Å². The smallest absolute Gasteiger partial charge is 0.132 e. The van der Waals surface area contributed by atoms with Gasteiger partial charge in [-0.2, -0.15) is 10.5 Å². The van der Waals surface area contributed by atoms with Crippen LogP contribution in [-0.2, 0) is 11.8 Å². The highest BCUT2D eigenvalue weighted by Crippen LogP contribution is 2.30. The van der Waals surface area contributed by atoms with Crippen LogP contribution in [0.2, 0.25) is 0 Å². The fourth-order valence-corrected chi connectivity index (χ4v) is 2.82. The molecule has 0 aromatic heterocycles. The first-order valence-corrected chi connectivity index (χ1v) is 8.68. The van der Waals surface area contributed by atoms with E-state index in [4.69, 9.17) is 10.5 Å². The average Bonchev–Trinajstić information content (AvgIpc) is 2.50. The van der Waals surface area contributed by atoms with Gasteiger partial charge < -0.3 is 0 Å².